The molecule has 4 aromatic carbocycles. The van der Waals surface area contributed by atoms with Crippen molar-refractivity contribution in [2.75, 3.05) is 0 Å². The van der Waals surface area contributed by atoms with Crippen molar-refractivity contribution in [2.45, 2.75) is 18.6 Å². The van der Waals surface area contributed by atoms with E-state index in [0.29, 0.717) is 5.56 Å². The average molecular weight is 526 g/mol. The van der Waals surface area contributed by atoms with E-state index in [0.717, 1.165) is 33.0 Å². The Labute approximate surface area is 232 Å². The minimum Gasteiger partial charge on any atom is -0.384 e. The second-order valence-electron chi connectivity index (χ2n) is 9.87. The molecule has 7 nitrogen and oxygen atoms in total. The van der Waals surface area contributed by atoms with Crippen LogP contribution in [-0.2, 0) is 23.4 Å². The van der Waals surface area contributed by atoms with Gasteiger partial charge in [-0.2, -0.15) is 0 Å². The molecule has 0 radical (unpaired) electrons. The number of carbonyl (C=O) groups is 2. The number of amidine groups is 1. The molecule has 6 rings (SSSR count). The molecule has 0 saturated carbocycles. The standard InChI is InChI=1S/C33H27N5O2/c34-30(35)26-14-13-25-12-11-24(19-27(25)20-26)21-37-31(39)33(28-7-3-1-4-8-28,29-9-5-2-6-10-29)38(32(37)40)22-23-15-17-36-18-16-23/h1-20H,21-22H2,(H3,34,35). The molecule has 3 amide bonds. The highest BCUT2D eigenvalue weighted by molar-refractivity contribution is 6.09. The number of imide groups is 1. The number of hydrogen-bond donors (Lipinski definition) is 2. The van der Waals surface area contributed by atoms with Crippen LogP contribution in [0.3, 0.4) is 0 Å². The number of hydrogen-bond acceptors (Lipinski definition) is 4. The molecule has 196 valence electrons. The van der Waals surface area contributed by atoms with Gasteiger partial charge in [0.2, 0.25) is 0 Å². The van der Waals surface area contributed by atoms with Crippen molar-refractivity contribution in [1.82, 2.24) is 14.8 Å². The van der Waals surface area contributed by atoms with Gasteiger partial charge in [0.05, 0.1) is 6.54 Å². The topological polar surface area (TPSA) is 103 Å². The maximum Gasteiger partial charge on any atom is 0.328 e. The lowest BCUT2D eigenvalue weighted by molar-refractivity contribution is -0.132. The monoisotopic (exact) mass is 525 g/mol. The van der Waals surface area contributed by atoms with Gasteiger partial charge in [0, 0.05) is 24.5 Å². The Bertz CT molecular complexity index is 1680. The zero-order chi connectivity index (χ0) is 27.7. The first kappa shape index (κ1) is 25.0. The molecule has 0 spiro atoms. The minimum atomic E-state index is -1.35. The van der Waals surface area contributed by atoms with Crippen LogP contribution in [0, 0.1) is 5.41 Å². The fraction of sp³-hybridized carbons (Fsp3) is 0.0909. The smallest absolute Gasteiger partial charge is 0.328 e. The van der Waals surface area contributed by atoms with E-state index in [1.165, 1.54) is 4.90 Å². The molecule has 1 fully saturated rings. The largest absolute Gasteiger partial charge is 0.384 e. The first-order valence-electron chi connectivity index (χ1n) is 13.0. The van der Waals surface area contributed by atoms with Gasteiger partial charge in [-0.15, -0.1) is 0 Å². The molecule has 0 aliphatic carbocycles. The quantitative estimate of drug-likeness (QED) is 0.168. The van der Waals surface area contributed by atoms with Gasteiger partial charge in [0.1, 0.15) is 5.84 Å². The van der Waals surface area contributed by atoms with Gasteiger partial charge in [-0.3, -0.25) is 25.0 Å². The van der Waals surface area contributed by atoms with E-state index in [1.807, 2.05) is 109 Å². The number of aromatic nitrogens is 1. The summed E-state index contributed by atoms with van der Waals surface area (Å²) in [6, 6.07) is 33.7. The summed E-state index contributed by atoms with van der Waals surface area (Å²) < 4.78 is 0. The predicted octanol–water partition coefficient (Wildman–Crippen LogP) is 5.43. The Morgan fingerprint density at radius 3 is 1.98 bits per heavy atom. The van der Waals surface area contributed by atoms with E-state index in [4.69, 9.17) is 11.1 Å². The lowest BCUT2D eigenvalue weighted by Gasteiger charge is -2.36. The molecule has 1 aliphatic heterocycles. The van der Waals surface area contributed by atoms with Crippen molar-refractivity contribution >= 4 is 28.5 Å². The first-order chi connectivity index (χ1) is 19.5. The number of nitrogens with zero attached hydrogens (tertiary/aromatic N) is 3. The van der Waals surface area contributed by atoms with E-state index in [9.17, 15) is 9.59 Å². The van der Waals surface area contributed by atoms with E-state index < -0.39 is 5.54 Å². The van der Waals surface area contributed by atoms with Gasteiger partial charge >= 0.3 is 6.03 Å². The fourth-order valence-corrected chi connectivity index (χ4v) is 5.51. The second kappa shape index (κ2) is 10.1. The summed E-state index contributed by atoms with van der Waals surface area (Å²) in [4.78, 5) is 36.1. The van der Waals surface area contributed by atoms with Crippen LogP contribution >= 0.6 is 0 Å². The lowest BCUT2D eigenvalue weighted by Crippen LogP contribution is -2.47. The fourth-order valence-electron chi connectivity index (χ4n) is 5.51. The number of nitrogen functional groups attached to an aromatic ring is 1. The lowest BCUT2D eigenvalue weighted by atomic mass is 9.81. The van der Waals surface area contributed by atoms with Crippen LogP contribution in [0.15, 0.2) is 122 Å². The van der Waals surface area contributed by atoms with Crippen LogP contribution in [0.5, 0.6) is 0 Å². The van der Waals surface area contributed by atoms with Gasteiger partial charge in [-0.1, -0.05) is 84.9 Å². The molecule has 7 heteroatoms. The SMILES string of the molecule is N=C(N)c1ccc2ccc(CN3C(=O)N(Cc4ccncc4)C(c4ccccc4)(c4ccccc4)C3=O)cc2c1. The third-order valence-electron chi connectivity index (χ3n) is 7.45. The van der Waals surface area contributed by atoms with E-state index in [1.54, 1.807) is 17.3 Å². The molecule has 0 unspecified atom stereocenters. The summed E-state index contributed by atoms with van der Waals surface area (Å²) in [5, 5.41) is 9.66. The number of nitrogens with one attached hydrogen (secondary N) is 1. The summed E-state index contributed by atoms with van der Waals surface area (Å²) >= 11 is 0. The van der Waals surface area contributed by atoms with Crippen molar-refractivity contribution in [3.05, 3.63) is 149 Å². The van der Waals surface area contributed by atoms with Gasteiger partial charge in [-0.25, -0.2) is 4.79 Å². The molecule has 2 heterocycles. The maximum absolute atomic E-state index is 14.7. The number of benzene rings is 4. The molecule has 3 N–H and O–H groups in total. The Hall–Kier alpha value is -5.30. The highest BCUT2D eigenvalue weighted by Crippen LogP contribution is 2.44. The maximum atomic E-state index is 14.7. The minimum absolute atomic E-state index is 0.0144. The predicted molar refractivity (Wildman–Crippen MR) is 154 cm³/mol. The summed E-state index contributed by atoms with van der Waals surface area (Å²) in [5.74, 6) is -0.319. The molecule has 1 saturated heterocycles. The molecule has 1 aromatic heterocycles. The Balaban J connectivity index is 1.48. The second-order valence-corrected chi connectivity index (χ2v) is 9.87. The highest BCUT2D eigenvalue weighted by atomic mass is 16.2. The number of rotatable bonds is 7. The Kier molecular flexibility index (Phi) is 6.32. The van der Waals surface area contributed by atoms with Gasteiger partial charge < -0.3 is 5.73 Å². The van der Waals surface area contributed by atoms with Crippen molar-refractivity contribution in [1.29, 1.82) is 5.41 Å². The van der Waals surface area contributed by atoms with Crippen molar-refractivity contribution in [2.24, 2.45) is 5.73 Å². The molecule has 40 heavy (non-hydrogen) atoms. The Morgan fingerprint density at radius 1 is 0.725 bits per heavy atom. The zero-order valence-electron chi connectivity index (χ0n) is 21.7. The molecule has 1 aliphatic rings. The number of pyridine rings is 1. The number of amides is 3. The molecular weight excluding hydrogens is 498 g/mol. The van der Waals surface area contributed by atoms with Gasteiger partial charge in [0.25, 0.3) is 5.91 Å². The van der Waals surface area contributed by atoms with Gasteiger partial charge in [-0.05, 0) is 57.3 Å². The number of fused-ring (bicyclic) bond motifs is 1. The van der Waals surface area contributed by atoms with Crippen LogP contribution in [0.4, 0.5) is 4.79 Å². The van der Waals surface area contributed by atoms with Crippen molar-refractivity contribution in [3.8, 4) is 0 Å². The highest BCUT2D eigenvalue weighted by Gasteiger charge is 2.59. The van der Waals surface area contributed by atoms with Crippen LogP contribution in [0.1, 0.15) is 27.8 Å². The third kappa shape index (κ3) is 4.18. The van der Waals surface area contributed by atoms with Crippen molar-refractivity contribution in [3.63, 3.8) is 0 Å². The van der Waals surface area contributed by atoms with Crippen LogP contribution in [0.2, 0.25) is 0 Å². The molecule has 5 aromatic rings. The third-order valence-corrected chi connectivity index (χ3v) is 7.45. The molecule has 0 atom stereocenters. The van der Waals surface area contributed by atoms with E-state index in [2.05, 4.69) is 4.98 Å². The van der Waals surface area contributed by atoms with Gasteiger partial charge in [0.15, 0.2) is 5.54 Å². The molecular formula is C33H27N5O2. The summed E-state index contributed by atoms with van der Waals surface area (Å²) in [5.41, 5.74) is 8.10. The summed E-state index contributed by atoms with van der Waals surface area (Å²) in [6.07, 6.45) is 3.37. The zero-order valence-corrected chi connectivity index (χ0v) is 21.7. The number of nitrogens with two attached hydrogens (primary N) is 1. The molecule has 0 bridgehead atoms. The number of urea groups is 1. The summed E-state index contributed by atoms with van der Waals surface area (Å²) in [7, 11) is 0. The Morgan fingerprint density at radius 2 is 1.35 bits per heavy atom. The van der Waals surface area contributed by atoms with Crippen LogP contribution in [-0.4, -0.2) is 32.6 Å². The van der Waals surface area contributed by atoms with Crippen LogP contribution < -0.4 is 5.73 Å². The summed E-state index contributed by atoms with van der Waals surface area (Å²) in [6.45, 7) is 0.333. The van der Waals surface area contributed by atoms with Crippen molar-refractivity contribution < 1.29 is 9.59 Å². The van der Waals surface area contributed by atoms with Crippen LogP contribution in [0.25, 0.3) is 10.8 Å². The first-order valence-corrected chi connectivity index (χ1v) is 13.0. The average Bonchev–Trinajstić information content (AvgIpc) is 3.20. The van der Waals surface area contributed by atoms with E-state index >= 15 is 0 Å². The normalized spacial score (nSPS) is 14.6. The van der Waals surface area contributed by atoms with E-state index in [-0.39, 0.29) is 30.9 Å². The number of carbonyl (C=O) groups excluding carboxylic acids is 2.